The highest BCUT2D eigenvalue weighted by Gasteiger charge is 2.48. The molecule has 1 amide bonds. The molecule has 2 aliphatic carbocycles. The van der Waals surface area contributed by atoms with Crippen LogP contribution in [0.15, 0.2) is 16.5 Å². The molecule has 2 aliphatic heterocycles. The number of hydrogen-bond donors (Lipinski definition) is 1. The molecule has 12 heteroatoms. The predicted molar refractivity (Wildman–Crippen MR) is 116 cm³/mol. The number of amides is 1. The lowest BCUT2D eigenvalue weighted by molar-refractivity contribution is -0.130. The molecule has 4 aliphatic rings. The zero-order valence-corrected chi connectivity index (χ0v) is 19.2. The number of hydrogen-bond acceptors (Lipinski definition) is 6. The van der Waals surface area contributed by atoms with Gasteiger partial charge in [-0.3, -0.25) is 4.79 Å². The summed E-state index contributed by atoms with van der Waals surface area (Å²) >= 11 is 0. The number of aromatic nitrogens is 1. The number of fused-ring (bicyclic) bond motifs is 1. The van der Waals surface area contributed by atoms with E-state index < -0.39 is 47.3 Å². The Morgan fingerprint density at radius 1 is 1.17 bits per heavy atom. The third-order valence-corrected chi connectivity index (χ3v) is 7.53. The normalized spacial score (nSPS) is 26.1. The number of ether oxygens (including phenoxy) is 2. The van der Waals surface area contributed by atoms with Gasteiger partial charge in [-0.25, -0.2) is 8.78 Å². The lowest BCUT2D eigenvalue weighted by atomic mass is 9.85. The first kappa shape index (κ1) is 23.5. The first-order valence-electron chi connectivity index (χ1n) is 11.9. The highest BCUT2D eigenvalue weighted by atomic mass is 19.4. The Kier molecular flexibility index (Phi) is 5.43. The van der Waals surface area contributed by atoms with Crippen LogP contribution in [0.5, 0.6) is 5.75 Å². The van der Waals surface area contributed by atoms with Gasteiger partial charge in [0.2, 0.25) is 0 Å². The third kappa shape index (κ3) is 4.51. The molecule has 0 radical (unpaired) electrons. The lowest BCUT2D eigenvalue weighted by Crippen LogP contribution is -2.44. The summed E-state index contributed by atoms with van der Waals surface area (Å²) in [6, 6.07) is 1.65. The summed E-state index contributed by atoms with van der Waals surface area (Å²) in [4.78, 5) is 18.6. The molecule has 36 heavy (non-hydrogen) atoms. The first-order valence-corrected chi connectivity index (χ1v) is 11.9. The molecule has 0 bridgehead atoms. The minimum atomic E-state index is -4.65. The van der Waals surface area contributed by atoms with Crippen LogP contribution in [0.4, 0.5) is 33.7 Å². The van der Waals surface area contributed by atoms with Gasteiger partial charge in [-0.2, -0.15) is 18.2 Å². The first-order chi connectivity index (χ1) is 17.1. The van der Waals surface area contributed by atoms with Crippen molar-refractivity contribution < 1.29 is 40.6 Å². The maximum atomic E-state index is 14.6. The van der Waals surface area contributed by atoms with Crippen LogP contribution < -0.4 is 15.0 Å². The van der Waals surface area contributed by atoms with E-state index in [9.17, 15) is 26.7 Å². The summed E-state index contributed by atoms with van der Waals surface area (Å²) in [5, 5.41) is 2.24. The molecule has 1 spiro atoms. The van der Waals surface area contributed by atoms with Crippen molar-refractivity contribution in [2.24, 2.45) is 17.3 Å². The minimum Gasteiger partial charge on any atom is -0.484 e. The average molecular weight is 513 g/mol. The van der Waals surface area contributed by atoms with Gasteiger partial charge in [0.1, 0.15) is 12.2 Å². The molecule has 1 aromatic heterocycles. The van der Waals surface area contributed by atoms with Crippen molar-refractivity contribution >= 4 is 17.6 Å². The van der Waals surface area contributed by atoms with E-state index in [1.54, 1.807) is 4.90 Å². The van der Waals surface area contributed by atoms with Crippen molar-refractivity contribution in [2.45, 2.75) is 44.4 Å². The second-order valence-corrected chi connectivity index (χ2v) is 10.4. The number of carbonyl (C=O) groups is 1. The van der Waals surface area contributed by atoms with E-state index >= 15 is 0 Å². The van der Waals surface area contributed by atoms with Gasteiger partial charge in [-0.15, -0.1) is 0 Å². The third-order valence-electron chi connectivity index (χ3n) is 7.53. The van der Waals surface area contributed by atoms with Crippen molar-refractivity contribution in [3.05, 3.63) is 35.2 Å². The molecule has 2 saturated heterocycles. The minimum absolute atomic E-state index is 0.0844. The summed E-state index contributed by atoms with van der Waals surface area (Å²) in [5.41, 5.74) is -0.941. The van der Waals surface area contributed by atoms with E-state index in [-0.39, 0.29) is 23.2 Å². The quantitative estimate of drug-likeness (QED) is 0.564. The fourth-order valence-corrected chi connectivity index (χ4v) is 5.54. The summed E-state index contributed by atoms with van der Waals surface area (Å²) in [5.74, 6) is -3.14. The Morgan fingerprint density at radius 2 is 1.86 bits per heavy atom. The number of rotatable bonds is 6. The van der Waals surface area contributed by atoms with Gasteiger partial charge in [0.05, 0.1) is 19.3 Å². The van der Waals surface area contributed by atoms with E-state index in [4.69, 9.17) is 13.9 Å². The predicted octanol–water partition coefficient (Wildman–Crippen LogP) is 4.71. The SMILES string of the molecule is O=C(Nc1cc(F)c(O[C@@H]2CC3C[C@@H]3C2)c(F)c1)c1nc(N2CCC3(COC3)C2)oc1CC(F)(F)F. The summed E-state index contributed by atoms with van der Waals surface area (Å²) in [7, 11) is 0. The molecule has 3 atom stereocenters. The van der Waals surface area contributed by atoms with Crippen molar-refractivity contribution in [1.82, 2.24) is 4.98 Å². The van der Waals surface area contributed by atoms with Gasteiger partial charge in [0.25, 0.3) is 11.9 Å². The highest BCUT2D eigenvalue weighted by Crippen LogP contribution is 2.52. The molecule has 2 saturated carbocycles. The molecule has 4 fully saturated rings. The van der Waals surface area contributed by atoms with Crippen molar-refractivity contribution in [2.75, 3.05) is 36.5 Å². The van der Waals surface area contributed by atoms with Gasteiger partial charge in [-0.1, -0.05) is 0 Å². The van der Waals surface area contributed by atoms with Gasteiger partial charge in [0.15, 0.2) is 23.1 Å². The second-order valence-electron chi connectivity index (χ2n) is 10.4. The van der Waals surface area contributed by atoms with Crippen molar-refractivity contribution in [1.29, 1.82) is 0 Å². The van der Waals surface area contributed by atoms with Crippen molar-refractivity contribution in [3.8, 4) is 5.75 Å². The van der Waals surface area contributed by atoms with Crippen LogP contribution in [0.1, 0.15) is 41.9 Å². The van der Waals surface area contributed by atoms with Crippen LogP contribution in [0, 0.1) is 28.9 Å². The Morgan fingerprint density at radius 3 is 2.44 bits per heavy atom. The Labute approximate surface area is 202 Å². The number of halogens is 5. The topological polar surface area (TPSA) is 76.8 Å². The van der Waals surface area contributed by atoms with Gasteiger partial charge < -0.3 is 24.1 Å². The highest BCUT2D eigenvalue weighted by molar-refractivity contribution is 6.03. The molecule has 194 valence electrons. The molecule has 1 unspecified atom stereocenters. The van der Waals surface area contributed by atoms with E-state index in [1.165, 1.54) is 0 Å². The van der Waals surface area contributed by atoms with Crippen LogP contribution in [-0.2, 0) is 11.2 Å². The molecular formula is C24H24F5N3O4. The molecule has 2 aromatic rings. The van der Waals surface area contributed by atoms with Crippen molar-refractivity contribution in [3.63, 3.8) is 0 Å². The second kappa shape index (κ2) is 8.32. The fraction of sp³-hybridized carbons (Fsp3) is 0.583. The molecule has 3 heterocycles. The maximum absolute atomic E-state index is 14.6. The fourth-order valence-electron chi connectivity index (χ4n) is 5.54. The number of benzene rings is 1. The number of carbonyl (C=O) groups excluding carboxylic acids is 1. The van der Waals surface area contributed by atoms with E-state index in [2.05, 4.69) is 10.3 Å². The Balaban J connectivity index is 1.20. The largest absolute Gasteiger partial charge is 0.484 e. The molecule has 7 nitrogen and oxygen atoms in total. The maximum Gasteiger partial charge on any atom is 0.396 e. The van der Waals surface area contributed by atoms with Crippen LogP contribution in [0.2, 0.25) is 0 Å². The van der Waals surface area contributed by atoms with Gasteiger partial charge in [-0.05, 0) is 37.5 Å². The van der Waals surface area contributed by atoms with Crippen LogP contribution >= 0.6 is 0 Å². The monoisotopic (exact) mass is 513 g/mol. The Hall–Kier alpha value is -2.89. The van der Waals surface area contributed by atoms with E-state index in [1.807, 2.05) is 0 Å². The number of nitrogens with one attached hydrogen (secondary N) is 1. The standard InChI is InChI=1S/C24H24F5N3O4/c25-16-6-14(7-17(26)20(16)35-15-4-12-3-13(12)5-15)30-21(33)19-18(8-24(27,28)29)36-22(31-19)32-2-1-23(9-32)10-34-11-23/h6-7,12-13,15H,1-5,8-11H2,(H,30,33)/t12-,13?,15+/m1/s1. The zero-order chi connectivity index (χ0) is 25.2. The summed E-state index contributed by atoms with van der Waals surface area (Å²) in [6.45, 7) is 2.08. The molecule has 1 N–H and O–H groups in total. The number of nitrogens with zero attached hydrogens (tertiary/aromatic N) is 2. The summed E-state index contributed by atoms with van der Waals surface area (Å²) in [6.07, 6.45) is -3.02. The average Bonchev–Trinajstić information content (AvgIpc) is 3.14. The van der Waals surface area contributed by atoms with E-state index in [0.29, 0.717) is 38.1 Å². The van der Waals surface area contributed by atoms with Gasteiger partial charge >= 0.3 is 6.18 Å². The smallest absolute Gasteiger partial charge is 0.396 e. The molecular weight excluding hydrogens is 489 g/mol. The Bertz CT molecular complexity index is 1160. The number of anilines is 2. The van der Waals surface area contributed by atoms with Gasteiger partial charge in [0, 0.05) is 36.3 Å². The lowest BCUT2D eigenvalue weighted by Gasteiger charge is -2.37. The number of alkyl halides is 3. The van der Waals surface area contributed by atoms with Crippen LogP contribution in [0.25, 0.3) is 0 Å². The molecule has 1 aromatic carbocycles. The van der Waals surface area contributed by atoms with Crippen LogP contribution in [-0.4, -0.2) is 49.5 Å². The van der Waals surface area contributed by atoms with Crippen LogP contribution in [0.3, 0.4) is 0 Å². The summed E-state index contributed by atoms with van der Waals surface area (Å²) < 4.78 is 84.9. The van der Waals surface area contributed by atoms with E-state index in [0.717, 1.165) is 37.8 Å². The number of oxazole rings is 1. The zero-order valence-electron chi connectivity index (χ0n) is 19.2. The molecule has 6 rings (SSSR count).